The number of rotatable bonds is 4. The summed E-state index contributed by atoms with van der Waals surface area (Å²) in [4.78, 5) is 15.6. The zero-order valence-corrected chi connectivity index (χ0v) is 17.7. The molecule has 1 atom stereocenters. The molecule has 2 N–H and O–H groups in total. The van der Waals surface area contributed by atoms with Crippen LogP contribution >= 0.6 is 0 Å². The van der Waals surface area contributed by atoms with E-state index in [1.165, 1.54) is 0 Å². The van der Waals surface area contributed by atoms with Crippen molar-refractivity contribution in [1.29, 1.82) is 0 Å². The Balaban J connectivity index is 1.47. The molecular formula is C23H24FN5O2. The van der Waals surface area contributed by atoms with Crippen molar-refractivity contribution in [3.05, 3.63) is 42.0 Å². The van der Waals surface area contributed by atoms with Crippen LogP contribution in [0.15, 0.2) is 34.7 Å². The summed E-state index contributed by atoms with van der Waals surface area (Å²) < 4.78 is 20.0. The van der Waals surface area contributed by atoms with Gasteiger partial charge in [-0.1, -0.05) is 13.8 Å². The smallest absolute Gasteiger partial charge is 0.195 e. The number of halogens is 1. The molecule has 0 radical (unpaired) electrons. The van der Waals surface area contributed by atoms with E-state index in [2.05, 4.69) is 34.0 Å². The number of phenols is 1. The molecule has 0 aliphatic carbocycles. The number of benzene rings is 1. The van der Waals surface area contributed by atoms with E-state index in [9.17, 15) is 9.50 Å². The molecule has 1 aliphatic rings. The van der Waals surface area contributed by atoms with Crippen LogP contribution in [0.2, 0.25) is 0 Å². The van der Waals surface area contributed by atoms with Gasteiger partial charge >= 0.3 is 0 Å². The Kier molecular flexibility index (Phi) is 4.74. The van der Waals surface area contributed by atoms with E-state index in [4.69, 9.17) is 9.40 Å². The molecule has 1 aliphatic heterocycles. The lowest BCUT2D eigenvalue weighted by Gasteiger charge is -2.19. The number of nitrogens with one attached hydrogen (secondary N) is 1. The highest BCUT2D eigenvalue weighted by Gasteiger charge is 2.24. The van der Waals surface area contributed by atoms with Crippen LogP contribution in [0.1, 0.15) is 26.2 Å². The highest BCUT2D eigenvalue weighted by molar-refractivity contribution is 5.87. The van der Waals surface area contributed by atoms with Gasteiger partial charge in [-0.25, -0.2) is 19.3 Å². The molecule has 1 unspecified atom stereocenters. The van der Waals surface area contributed by atoms with Gasteiger partial charge in [-0.05, 0) is 36.8 Å². The molecule has 31 heavy (non-hydrogen) atoms. The van der Waals surface area contributed by atoms with Gasteiger partial charge in [0.15, 0.2) is 23.0 Å². The second-order valence-electron chi connectivity index (χ2n) is 8.32. The zero-order valence-electron chi connectivity index (χ0n) is 17.7. The third kappa shape index (κ3) is 3.57. The number of aromatic hydroxyl groups is 1. The van der Waals surface area contributed by atoms with Gasteiger partial charge in [0.1, 0.15) is 11.3 Å². The topological polar surface area (TPSA) is 87.3 Å². The molecule has 160 valence electrons. The maximum Gasteiger partial charge on any atom is 0.195 e. The van der Waals surface area contributed by atoms with E-state index in [0.717, 1.165) is 30.8 Å². The van der Waals surface area contributed by atoms with Crippen molar-refractivity contribution in [3.63, 3.8) is 0 Å². The molecule has 0 bridgehead atoms. The molecule has 0 amide bonds. The Labute approximate surface area is 178 Å². The maximum atomic E-state index is 14.6. The quantitative estimate of drug-likeness (QED) is 0.511. The first-order valence-corrected chi connectivity index (χ1v) is 10.5. The highest BCUT2D eigenvalue weighted by Crippen LogP contribution is 2.36. The maximum absolute atomic E-state index is 14.6. The summed E-state index contributed by atoms with van der Waals surface area (Å²) in [6, 6.07) is 9.93. The largest absolute Gasteiger partial charge is 0.504 e. The fourth-order valence-electron chi connectivity index (χ4n) is 4.22. The van der Waals surface area contributed by atoms with Crippen LogP contribution < -0.4 is 10.2 Å². The van der Waals surface area contributed by atoms with Gasteiger partial charge < -0.3 is 19.7 Å². The Bertz CT molecular complexity index is 1290. The number of fused-ring (bicyclic) bond motifs is 2. The second-order valence-corrected chi connectivity index (χ2v) is 8.32. The average Bonchev–Trinajstić information content (AvgIpc) is 3.35. The van der Waals surface area contributed by atoms with Crippen LogP contribution in [-0.2, 0) is 0 Å². The van der Waals surface area contributed by atoms with Gasteiger partial charge in [0.2, 0.25) is 0 Å². The minimum absolute atomic E-state index is 0.0155. The molecule has 1 saturated heterocycles. The van der Waals surface area contributed by atoms with E-state index in [0.29, 0.717) is 29.2 Å². The van der Waals surface area contributed by atoms with Crippen molar-refractivity contribution in [2.45, 2.75) is 39.3 Å². The highest BCUT2D eigenvalue weighted by atomic mass is 19.1. The van der Waals surface area contributed by atoms with Crippen LogP contribution in [0.25, 0.3) is 33.4 Å². The van der Waals surface area contributed by atoms with Crippen molar-refractivity contribution >= 4 is 28.0 Å². The predicted octanol–water partition coefficient (Wildman–Crippen LogP) is 4.17. The summed E-state index contributed by atoms with van der Waals surface area (Å²) >= 11 is 0. The van der Waals surface area contributed by atoms with Crippen molar-refractivity contribution in [3.8, 4) is 17.0 Å². The summed E-state index contributed by atoms with van der Waals surface area (Å²) in [6.45, 7) is 7.83. The molecule has 1 aromatic carbocycles. The fraction of sp³-hybridized carbons (Fsp3) is 0.348. The number of pyridine rings is 2. The van der Waals surface area contributed by atoms with Crippen molar-refractivity contribution in [2.24, 2.45) is 0 Å². The summed E-state index contributed by atoms with van der Waals surface area (Å²) in [7, 11) is 0. The Morgan fingerprint density at radius 1 is 1.16 bits per heavy atom. The number of nitrogens with zero attached hydrogens (tertiary/aromatic N) is 4. The number of aromatic nitrogens is 3. The monoisotopic (exact) mass is 421 g/mol. The van der Waals surface area contributed by atoms with Crippen LogP contribution in [0, 0.1) is 12.7 Å². The molecule has 0 saturated carbocycles. The SMILES string of the molecule is Cc1nc2c(F)c(O)c(-c3ccc4nc(N5CCC(NC(C)C)C5)ccc4n3)cc2o1. The van der Waals surface area contributed by atoms with Gasteiger partial charge in [0.25, 0.3) is 0 Å². The number of anilines is 1. The lowest BCUT2D eigenvalue weighted by atomic mass is 10.1. The first-order chi connectivity index (χ1) is 14.9. The van der Waals surface area contributed by atoms with Crippen molar-refractivity contribution < 1.29 is 13.9 Å². The number of phenolic OH excluding ortho intramolecular Hbond substituents is 1. The molecular weight excluding hydrogens is 397 g/mol. The number of oxazole rings is 1. The molecule has 3 aromatic heterocycles. The first-order valence-electron chi connectivity index (χ1n) is 10.5. The molecule has 5 rings (SSSR count). The van der Waals surface area contributed by atoms with E-state index in [1.807, 2.05) is 18.2 Å². The Morgan fingerprint density at radius 3 is 2.74 bits per heavy atom. The predicted molar refractivity (Wildman–Crippen MR) is 118 cm³/mol. The normalized spacial score (nSPS) is 16.8. The first kappa shape index (κ1) is 19.7. The summed E-state index contributed by atoms with van der Waals surface area (Å²) in [5, 5.41) is 14.0. The van der Waals surface area contributed by atoms with Gasteiger partial charge in [0.05, 0.1) is 16.7 Å². The van der Waals surface area contributed by atoms with Crippen LogP contribution in [0.5, 0.6) is 5.75 Å². The standard InChI is InChI=1S/C23H24FN5O2/c1-12(2)25-14-8-9-29(11-14)20-7-6-17-18(28-20)5-4-16(27-17)15-10-19-22(21(24)23(15)30)26-13(3)31-19/h4-7,10,12,14,25,30H,8-9,11H2,1-3H3. The lowest BCUT2D eigenvalue weighted by Crippen LogP contribution is -2.37. The van der Waals surface area contributed by atoms with E-state index >= 15 is 0 Å². The molecule has 0 spiro atoms. The van der Waals surface area contributed by atoms with Gasteiger partial charge in [-0.15, -0.1) is 0 Å². The summed E-state index contributed by atoms with van der Waals surface area (Å²) in [5.41, 5.74) is 2.41. The number of hydrogen-bond acceptors (Lipinski definition) is 7. The zero-order chi connectivity index (χ0) is 21.7. The Morgan fingerprint density at radius 2 is 1.94 bits per heavy atom. The van der Waals surface area contributed by atoms with Crippen molar-refractivity contribution in [2.75, 3.05) is 18.0 Å². The van der Waals surface area contributed by atoms with Crippen LogP contribution in [0.4, 0.5) is 10.2 Å². The van der Waals surface area contributed by atoms with Gasteiger partial charge in [-0.2, -0.15) is 0 Å². The van der Waals surface area contributed by atoms with Crippen molar-refractivity contribution in [1.82, 2.24) is 20.3 Å². The third-order valence-electron chi connectivity index (χ3n) is 5.59. The molecule has 1 fully saturated rings. The van der Waals surface area contributed by atoms with Crippen LogP contribution in [0.3, 0.4) is 0 Å². The Hall–Kier alpha value is -3.26. The number of hydrogen-bond donors (Lipinski definition) is 2. The van der Waals surface area contributed by atoms with Gasteiger partial charge in [0, 0.05) is 37.7 Å². The third-order valence-corrected chi connectivity index (χ3v) is 5.59. The minimum atomic E-state index is -0.807. The summed E-state index contributed by atoms with van der Waals surface area (Å²) in [6.07, 6.45) is 1.09. The van der Waals surface area contributed by atoms with E-state index in [1.54, 1.807) is 19.1 Å². The second kappa shape index (κ2) is 7.46. The average molecular weight is 421 g/mol. The molecule has 7 nitrogen and oxygen atoms in total. The van der Waals surface area contributed by atoms with E-state index < -0.39 is 11.6 Å². The van der Waals surface area contributed by atoms with Gasteiger partial charge in [-0.3, -0.25) is 0 Å². The van der Waals surface area contributed by atoms with E-state index in [-0.39, 0.29) is 16.7 Å². The molecule has 4 aromatic rings. The number of aryl methyl sites for hydroxylation is 1. The lowest BCUT2D eigenvalue weighted by molar-refractivity contribution is 0.437. The molecule has 4 heterocycles. The summed E-state index contributed by atoms with van der Waals surface area (Å²) in [5.74, 6) is -0.0414. The van der Waals surface area contributed by atoms with Crippen LogP contribution in [-0.4, -0.2) is 45.2 Å². The minimum Gasteiger partial charge on any atom is -0.504 e. The molecule has 8 heteroatoms. The fourth-order valence-corrected chi connectivity index (χ4v) is 4.22.